The minimum Gasteiger partial charge on any atom is -0.469 e. The fourth-order valence-corrected chi connectivity index (χ4v) is 3.43. The van der Waals surface area contributed by atoms with Crippen LogP contribution in [-0.2, 0) is 20.6 Å². The van der Waals surface area contributed by atoms with Crippen LogP contribution in [0.1, 0.15) is 31.4 Å². The second-order valence-corrected chi connectivity index (χ2v) is 7.59. The average Bonchev–Trinajstić information content (AvgIpc) is 3.43. The van der Waals surface area contributed by atoms with E-state index < -0.39 is 0 Å². The third-order valence-corrected chi connectivity index (χ3v) is 5.23. The Kier molecular flexibility index (Phi) is 12.7. The highest BCUT2D eigenvalue weighted by molar-refractivity contribution is 14.0. The molecule has 2 aliphatic heterocycles. The van der Waals surface area contributed by atoms with E-state index in [-0.39, 0.29) is 24.0 Å². The van der Waals surface area contributed by atoms with Crippen molar-refractivity contribution in [3.63, 3.8) is 0 Å². The topological polar surface area (TPSA) is 77.3 Å². The summed E-state index contributed by atoms with van der Waals surface area (Å²) in [7, 11) is 0. The van der Waals surface area contributed by atoms with Crippen molar-refractivity contribution in [3.05, 3.63) is 24.2 Å². The van der Waals surface area contributed by atoms with Crippen LogP contribution >= 0.6 is 24.0 Å². The van der Waals surface area contributed by atoms with Crippen LogP contribution < -0.4 is 10.6 Å². The maximum absolute atomic E-state index is 5.84. The molecule has 0 saturated carbocycles. The van der Waals surface area contributed by atoms with Gasteiger partial charge in [-0.15, -0.1) is 24.0 Å². The number of nitrogens with zero attached hydrogens (tertiary/aromatic N) is 1. The molecule has 0 radical (unpaired) electrons. The highest BCUT2D eigenvalue weighted by atomic mass is 127. The van der Waals surface area contributed by atoms with Gasteiger partial charge in [-0.1, -0.05) is 0 Å². The summed E-state index contributed by atoms with van der Waals surface area (Å²) in [5.41, 5.74) is 0. The highest BCUT2D eigenvalue weighted by Gasteiger charge is 2.15. The Morgan fingerprint density at radius 1 is 1.07 bits per heavy atom. The van der Waals surface area contributed by atoms with Gasteiger partial charge >= 0.3 is 0 Å². The molecule has 1 aromatic rings. The minimum atomic E-state index is 0. The Bertz CT molecular complexity index is 544. The second kappa shape index (κ2) is 15.0. The summed E-state index contributed by atoms with van der Waals surface area (Å²) >= 11 is 0. The van der Waals surface area contributed by atoms with Gasteiger partial charge in [0, 0.05) is 65.0 Å². The van der Waals surface area contributed by atoms with E-state index in [0.717, 1.165) is 103 Å². The summed E-state index contributed by atoms with van der Waals surface area (Å²) in [5, 5.41) is 6.84. The van der Waals surface area contributed by atoms with E-state index in [0.29, 0.717) is 11.8 Å². The lowest BCUT2D eigenvalue weighted by Crippen LogP contribution is -2.39. The molecule has 2 N–H and O–H groups in total. The molecule has 166 valence electrons. The summed E-state index contributed by atoms with van der Waals surface area (Å²) in [5.74, 6) is 3.04. The number of halogens is 1. The van der Waals surface area contributed by atoms with Crippen LogP contribution in [0.4, 0.5) is 0 Å². The Morgan fingerprint density at radius 3 is 2.62 bits per heavy atom. The fraction of sp³-hybridized carbons (Fsp3) is 0.762. The van der Waals surface area contributed by atoms with Gasteiger partial charge in [-0.25, -0.2) is 0 Å². The molecule has 3 heterocycles. The zero-order valence-electron chi connectivity index (χ0n) is 17.3. The Labute approximate surface area is 191 Å². The average molecular weight is 521 g/mol. The van der Waals surface area contributed by atoms with Crippen molar-refractivity contribution in [1.29, 1.82) is 0 Å². The van der Waals surface area contributed by atoms with Crippen LogP contribution in [0.25, 0.3) is 0 Å². The molecular formula is C21H36IN3O4. The van der Waals surface area contributed by atoms with Gasteiger partial charge in [0.15, 0.2) is 5.96 Å². The van der Waals surface area contributed by atoms with E-state index in [2.05, 4.69) is 10.6 Å². The number of ether oxygens (including phenoxy) is 3. The molecule has 0 aromatic carbocycles. The zero-order chi connectivity index (χ0) is 19.3. The minimum absolute atomic E-state index is 0. The van der Waals surface area contributed by atoms with Gasteiger partial charge in [-0.05, 0) is 43.7 Å². The quantitative estimate of drug-likeness (QED) is 0.202. The van der Waals surface area contributed by atoms with Gasteiger partial charge in [0.05, 0.1) is 12.9 Å². The van der Waals surface area contributed by atoms with Gasteiger partial charge in [0.2, 0.25) is 0 Å². The first kappa shape index (κ1) is 24.4. The molecule has 3 rings (SSSR count). The molecule has 1 unspecified atom stereocenters. The van der Waals surface area contributed by atoms with Crippen molar-refractivity contribution < 1.29 is 18.6 Å². The van der Waals surface area contributed by atoms with Crippen molar-refractivity contribution >= 4 is 29.9 Å². The normalized spacial score (nSPS) is 20.4. The van der Waals surface area contributed by atoms with Crippen molar-refractivity contribution in [2.75, 3.05) is 59.3 Å². The summed E-state index contributed by atoms with van der Waals surface area (Å²) in [6.07, 6.45) is 6.87. The van der Waals surface area contributed by atoms with E-state index in [9.17, 15) is 0 Å². The molecule has 0 spiro atoms. The number of hydrogen-bond donors (Lipinski definition) is 2. The van der Waals surface area contributed by atoms with E-state index in [4.69, 9.17) is 23.6 Å². The van der Waals surface area contributed by atoms with Crippen LogP contribution in [0, 0.1) is 11.8 Å². The summed E-state index contributed by atoms with van der Waals surface area (Å²) in [6.45, 7) is 7.52. The molecule has 29 heavy (non-hydrogen) atoms. The standard InChI is InChI=1S/C21H35N3O4.HI/c1-3-20(28-11-1)4-9-23-21(24-15-19-7-14-27-17-19)22-8-2-10-26-16-18-5-12-25-13-6-18;/h1,3,11,18-19H,2,4-10,12-17H2,(H2,22,23,24);1H. The second-order valence-electron chi connectivity index (χ2n) is 7.59. The monoisotopic (exact) mass is 521 g/mol. The molecule has 1 atom stereocenters. The first-order valence-corrected chi connectivity index (χ1v) is 10.7. The number of nitrogens with one attached hydrogen (secondary N) is 2. The number of hydrogen-bond acceptors (Lipinski definition) is 5. The van der Waals surface area contributed by atoms with Gasteiger partial charge < -0.3 is 29.3 Å². The molecule has 0 amide bonds. The summed E-state index contributed by atoms with van der Waals surface area (Å²) in [4.78, 5) is 4.74. The maximum atomic E-state index is 5.84. The Balaban J connectivity index is 0.00000300. The molecule has 8 heteroatoms. The first-order chi connectivity index (χ1) is 13.9. The number of aliphatic imine (C=N–C) groups is 1. The first-order valence-electron chi connectivity index (χ1n) is 10.7. The lowest BCUT2D eigenvalue weighted by atomic mass is 10.0. The largest absolute Gasteiger partial charge is 0.469 e. The SMILES string of the molecule is I.c1coc(CCNC(=NCC2CCOC2)NCCCOCC2CCOCC2)c1. The predicted octanol–water partition coefficient (Wildman–Crippen LogP) is 2.85. The molecular weight excluding hydrogens is 485 g/mol. The molecule has 2 fully saturated rings. The van der Waals surface area contributed by atoms with E-state index in [1.165, 1.54) is 0 Å². The van der Waals surface area contributed by atoms with Crippen LogP contribution in [0.2, 0.25) is 0 Å². The van der Waals surface area contributed by atoms with Crippen molar-refractivity contribution in [3.8, 4) is 0 Å². The van der Waals surface area contributed by atoms with Gasteiger partial charge in [0.25, 0.3) is 0 Å². The van der Waals surface area contributed by atoms with Gasteiger partial charge in [-0.3, -0.25) is 4.99 Å². The lowest BCUT2D eigenvalue weighted by molar-refractivity contribution is 0.0203. The maximum Gasteiger partial charge on any atom is 0.191 e. The molecule has 2 saturated heterocycles. The number of rotatable bonds is 11. The third kappa shape index (κ3) is 10.1. The molecule has 7 nitrogen and oxygen atoms in total. The molecule has 0 aliphatic carbocycles. The van der Waals surface area contributed by atoms with Crippen LogP contribution in [0.5, 0.6) is 0 Å². The smallest absolute Gasteiger partial charge is 0.191 e. The predicted molar refractivity (Wildman–Crippen MR) is 124 cm³/mol. The van der Waals surface area contributed by atoms with Gasteiger partial charge in [-0.2, -0.15) is 0 Å². The summed E-state index contributed by atoms with van der Waals surface area (Å²) < 4.78 is 22.1. The lowest BCUT2D eigenvalue weighted by Gasteiger charge is -2.21. The molecule has 0 bridgehead atoms. The van der Waals surface area contributed by atoms with Crippen molar-refractivity contribution in [1.82, 2.24) is 10.6 Å². The third-order valence-electron chi connectivity index (χ3n) is 5.23. The van der Waals surface area contributed by atoms with Crippen molar-refractivity contribution in [2.45, 2.75) is 32.1 Å². The van der Waals surface area contributed by atoms with E-state index in [1.807, 2.05) is 12.1 Å². The van der Waals surface area contributed by atoms with Crippen LogP contribution in [0.15, 0.2) is 27.8 Å². The number of furan rings is 1. The fourth-order valence-electron chi connectivity index (χ4n) is 3.43. The molecule has 1 aromatic heterocycles. The van der Waals surface area contributed by atoms with Crippen LogP contribution in [0.3, 0.4) is 0 Å². The summed E-state index contributed by atoms with van der Waals surface area (Å²) in [6, 6.07) is 3.92. The molecule has 2 aliphatic rings. The Morgan fingerprint density at radius 2 is 1.86 bits per heavy atom. The number of guanidine groups is 1. The van der Waals surface area contributed by atoms with Gasteiger partial charge in [0.1, 0.15) is 5.76 Å². The van der Waals surface area contributed by atoms with E-state index in [1.54, 1.807) is 6.26 Å². The zero-order valence-corrected chi connectivity index (χ0v) is 19.6. The highest BCUT2D eigenvalue weighted by Crippen LogP contribution is 2.14. The van der Waals surface area contributed by atoms with Crippen LogP contribution in [-0.4, -0.2) is 65.2 Å². The Hall–Kier alpha value is -0.840. The van der Waals surface area contributed by atoms with Crippen molar-refractivity contribution in [2.24, 2.45) is 16.8 Å². The van der Waals surface area contributed by atoms with E-state index >= 15 is 0 Å².